The first kappa shape index (κ1) is 31.1. The van der Waals surface area contributed by atoms with Gasteiger partial charge in [-0.05, 0) is 60.7 Å². The van der Waals surface area contributed by atoms with Gasteiger partial charge < -0.3 is 23.8 Å². The molecule has 5 aromatic rings. The van der Waals surface area contributed by atoms with Crippen LogP contribution in [0.4, 0.5) is 10.5 Å². The van der Waals surface area contributed by atoms with Crippen LogP contribution in [0.2, 0.25) is 4.34 Å². The van der Waals surface area contributed by atoms with Gasteiger partial charge in [0, 0.05) is 53.6 Å². The van der Waals surface area contributed by atoms with Crippen molar-refractivity contribution in [1.82, 2.24) is 19.7 Å². The average molecular weight is 660 g/mol. The molecule has 0 saturated carbocycles. The second-order valence-electron chi connectivity index (χ2n) is 10.3. The van der Waals surface area contributed by atoms with Gasteiger partial charge >= 0.3 is 6.09 Å². The third-order valence-electron chi connectivity index (χ3n) is 7.35. The Hall–Kier alpha value is -4.91. The molecule has 1 saturated heterocycles. The van der Waals surface area contributed by atoms with E-state index in [1.165, 1.54) is 11.3 Å². The quantitative estimate of drug-likeness (QED) is 0.174. The van der Waals surface area contributed by atoms with Crippen LogP contribution in [0, 0.1) is 0 Å². The molecule has 2 amide bonds. The van der Waals surface area contributed by atoms with Gasteiger partial charge in [-0.3, -0.25) is 14.7 Å². The zero-order valence-electron chi connectivity index (χ0n) is 25.1. The van der Waals surface area contributed by atoms with Crippen molar-refractivity contribution in [2.75, 3.05) is 38.9 Å². The van der Waals surface area contributed by atoms with Crippen molar-refractivity contribution >= 4 is 40.6 Å². The molecule has 1 aliphatic heterocycles. The van der Waals surface area contributed by atoms with Crippen LogP contribution in [-0.2, 0) is 22.6 Å². The highest BCUT2D eigenvalue weighted by molar-refractivity contribution is 7.17. The third-order valence-corrected chi connectivity index (χ3v) is 8.46. The molecule has 0 atom stereocenters. The summed E-state index contributed by atoms with van der Waals surface area (Å²) in [6.45, 7) is 1.38. The van der Waals surface area contributed by atoms with Gasteiger partial charge in [0.2, 0.25) is 0 Å². The maximum Gasteiger partial charge on any atom is 0.416 e. The number of hydrogen-bond donors (Lipinski definition) is 0. The van der Waals surface area contributed by atoms with E-state index < -0.39 is 6.09 Å². The van der Waals surface area contributed by atoms with Crippen LogP contribution in [-0.4, -0.2) is 65.6 Å². The molecule has 0 N–H and O–H groups in total. The Morgan fingerprint density at radius 2 is 1.83 bits per heavy atom. The predicted molar refractivity (Wildman–Crippen MR) is 174 cm³/mol. The molecule has 0 aliphatic carbocycles. The number of hydrogen-bond acceptors (Lipinski definition) is 9. The highest BCUT2D eigenvalue weighted by Crippen LogP contribution is 2.32. The van der Waals surface area contributed by atoms with Crippen LogP contribution in [0.25, 0.3) is 16.9 Å². The number of amides is 2. The van der Waals surface area contributed by atoms with Crippen molar-refractivity contribution < 1.29 is 28.5 Å². The molecule has 1 fully saturated rings. The fraction of sp³-hybridized carbons (Fsp3) is 0.212. The molecule has 3 aromatic heterocycles. The number of rotatable bonds is 10. The van der Waals surface area contributed by atoms with Gasteiger partial charge in [0.1, 0.15) is 18.1 Å². The smallest absolute Gasteiger partial charge is 0.416 e. The average Bonchev–Trinajstić information content (AvgIpc) is 3.70. The van der Waals surface area contributed by atoms with E-state index in [0.717, 1.165) is 28.1 Å². The zero-order chi connectivity index (χ0) is 32.0. The topological polar surface area (TPSA) is 108 Å². The minimum absolute atomic E-state index is 0.0690. The Balaban J connectivity index is 1.35. The van der Waals surface area contributed by atoms with Crippen LogP contribution in [0.5, 0.6) is 16.6 Å². The van der Waals surface area contributed by atoms with E-state index in [1.54, 1.807) is 59.3 Å². The van der Waals surface area contributed by atoms with E-state index >= 15 is 0 Å². The first-order valence-electron chi connectivity index (χ1n) is 14.3. The number of aromatic nitrogens is 3. The lowest BCUT2D eigenvalue weighted by molar-refractivity contribution is -0.125. The molecule has 0 unspecified atom stereocenters. The Morgan fingerprint density at radius 1 is 1.02 bits per heavy atom. The van der Waals surface area contributed by atoms with E-state index in [-0.39, 0.29) is 25.6 Å². The lowest BCUT2D eigenvalue weighted by atomic mass is 10.1. The minimum atomic E-state index is -0.569. The predicted octanol–water partition coefficient (Wildman–Crippen LogP) is 6.23. The van der Waals surface area contributed by atoms with Crippen LogP contribution in [0.3, 0.4) is 0 Å². The summed E-state index contributed by atoms with van der Waals surface area (Å²) in [6, 6.07) is 20.1. The van der Waals surface area contributed by atoms with E-state index in [0.29, 0.717) is 39.7 Å². The minimum Gasteiger partial charge on any atom is -0.497 e. The Kier molecular flexibility index (Phi) is 9.48. The van der Waals surface area contributed by atoms with Gasteiger partial charge in [0.05, 0.1) is 49.6 Å². The number of pyridine rings is 1. The normalized spacial score (nSPS) is 13.0. The Labute approximate surface area is 274 Å². The molecule has 11 nitrogen and oxygen atoms in total. The van der Waals surface area contributed by atoms with Crippen molar-refractivity contribution in [2.24, 2.45) is 0 Å². The maximum absolute atomic E-state index is 13.7. The van der Waals surface area contributed by atoms with Crippen LogP contribution in [0.15, 0.2) is 85.3 Å². The molecule has 0 bridgehead atoms. The number of benzene rings is 2. The van der Waals surface area contributed by atoms with Crippen molar-refractivity contribution in [2.45, 2.75) is 13.1 Å². The van der Waals surface area contributed by atoms with Crippen molar-refractivity contribution in [3.8, 4) is 33.5 Å². The van der Waals surface area contributed by atoms with Gasteiger partial charge in [-0.1, -0.05) is 22.9 Å². The lowest BCUT2D eigenvalue weighted by Gasteiger charge is -2.26. The summed E-state index contributed by atoms with van der Waals surface area (Å²) in [5, 5.41) is 5.29. The van der Waals surface area contributed by atoms with Gasteiger partial charge in [-0.25, -0.2) is 9.48 Å². The molecule has 13 heteroatoms. The number of carbonyl (C=O) groups is 2. The SMILES string of the molecule is COc1ccc(CN(Cc2cn(-c3ccc(N4CCOCC4=O)cc3)nc2-c2cccnc2)C(=O)Oc2ccc(Cl)s2)c(OC)c1. The molecular weight excluding hydrogens is 630 g/mol. The molecule has 2 aromatic carbocycles. The number of carbonyl (C=O) groups excluding carboxylic acids is 2. The van der Waals surface area contributed by atoms with E-state index in [4.69, 9.17) is 35.6 Å². The van der Waals surface area contributed by atoms with Crippen molar-refractivity contribution in [3.63, 3.8) is 0 Å². The first-order chi connectivity index (χ1) is 22.4. The summed E-state index contributed by atoms with van der Waals surface area (Å²) in [4.78, 5) is 33.6. The highest BCUT2D eigenvalue weighted by atomic mass is 35.5. The number of methoxy groups -OCH3 is 2. The molecule has 236 valence electrons. The number of thiophene rings is 1. The number of anilines is 1. The fourth-order valence-corrected chi connectivity index (χ4v) is 5.93. The molecular formula is C33H30ClN5O6S. The molecule has 6 rings (SSSR count). The fourth-order valence-electron chi connectivity index (χ4n) is 5.06. The Bertz CT molecular complexity index is 1830. The summed E-state index contributed by atoms with van der Waals surface area (Å²) in [5.74, 6) is 1.12. The summed E-state index contributed by atoms with van der Waals surface area (Å²) >= 11 is 7.27. The second kappa shape index (κ2) is 14.0. The monoisotopic (exact) mass is 659 g/mol. The molecule has 0 spiro atoms. The molecule has 4 heterocycles. The van der Waals surface area contributed by atoms with Crippen molar-refractivity contribution in [1.29, 1.82) is 0 Å². The zero-order valence-corrected chi connectivity index (χ0v) is 26.7. The van der Waals surface area contributed by atoms with Gasteiger partial charge in [-0.15, -0.1) is 0 Å². The lowest BCUT2D eigenvalue weighted by Crippen LogP contribution is -2.41. The standard InChI is InChI=1S/C33H30ClN5O6S/c1-42-27-10-5-23(28(16-27)43-2)18-37(33(41)45-31-12-11-29(34)46-31)19-24-20-39(36-32(24)22-4-3-13-35-17-22)26-8-6-25(7-9-26)38-14-15-44-21-30(38)40/h3-13,16-17,20H,14-15,18-19,21H2,1-2H3. The summed E-state index contributed by atoms with van der Waals surface area (Å²) in [7, 11) is 3.15. The second-order valence-corrected chi connectivity index (χ2v) is 11.9. The Morgan fingerprint density at radius 3 is 2.52 bits per heavy atom. The summed E-state index contributed by atoms with van der Waals surface area (Å²) < 4.78 is 24.3. The molecule has 0 radical (unpaired) electrons. The summed E-state index contributed by atoms with van der Waals surface area (Å²) in [5.41, 5.74) is 4.52. The molecule has 1 aliphatic rings. The van der Waals surface area contributed by atoms with Crippen molar-refractivity contribution in [3.05, 3.63) is 101 Å². The maximum atomic E-state index is 13.7. The van der Waals surface area contributed by atoms with E-state index in [9.17, 15) is 9.59 Å². The largest absolute Gasteiger partial charge is 0.497 e. The third kappa shape index (κ3) is 6.99. The van der Waals surface area contributed by atoms with Gasteiger partial charge in [-0.2, -0.15) is 5.10 Å². The van der Waals surface area contributed by atoms with Gasteiger partial charge in [0.25, 0.3) is 5.91 Å². The van der Waals surface area contributed by atoms with E-state index in [2.05, 4.69) is 4.98 Å². The number of halogens is 1. The summed E-state index contributed by atoms with van der Waals surface area (Å²) in [6.07, 6.45) is 4.73. The van der Waals surface area contributed by atoms with Crippen LogP contribution >= 0.6 is 22.9 Å². The number of morpholine rings is 1. The van der Waals surface area contributed by atoms with E-state index in [1.807, 2.05) is 54.7 Å². The van der Waals surface area contributed by atoms with Crippen LogP contribution < -0.4 is 19.1 Å². The highest BCUT2D eigenvalue weighted by Gasteiger charge is 2.24. The molecule has 46 heavy (non-hydrogen) atoms. The first-order valence-corrected chi connectivity index (χ1v) is 15.5. The van der Waals surface area contributed by atoms with Gasteiger partial charge in [0.15, 0.2) is 5.06 Å². The number of ether oxygens (including phenoxy) is 4. The number of nitrogens with zero attached hydrogens (tertiary/aromatic N) is 5. The van der Waals surface area contributed by atoms with Crippen LogP contribution in [0.1, 0.15) is 11.1 Å².